The summed E-state index contributed by atoms with van der Waals surface area (Å²) in [5.41, 5.74) is 1.21. The lowest BCUT2D eigenvalue weighted by Crippen LogP contribution is -2.55. The van der Waals surface area contributed by atoms with Crippen LogP contribution in [-0.2, 0) is 16.2 Å². The summed E-state index contributed by atoms with van der Waals surface area (Å²) in [6.45, 7) is 8.31. The van der Waals surface area contributed by atoms with Crippen LogP contribution in [0.2, 0.25) is 5.02 Å². The van der Waals surface area contributed by atoms with Gasteiger partial charge in [-0.05, 0) is 61.3 Å². The van der Waals surface area contributed by atoms with Crippen molar-refractivity contribution in [2.45, 2.75) is 97.4 Å². The number of ether oxygens (including phenoxy) is 1. The second-order valence-electron chi connectivity index (χ2n) is 11.6. The second kappa shape index (κ2) is 15.7. The van der Waals surface area contributed by atoms with E-state index in [1.807, 2.05) is 58.0 Å². The van der Waals surface area contributed by atoms with Crippen LogP contribution in [0.1, 0.15) is 88.6 Å². The van der Waals surface area contributed by atoms with Crippen molar-refractivity contribution in [3.63, 3.8) is 0 Å². The van der Waals surface area contributed by atoms with E-state index in [0.29, 0.717) is 23.6 Å². The maximum Gasteiger partial charge on any atom is 0.255 e. The molecule has 0 aromatic heterocycles. The molecule has 2 aromatic carbocycles. The third-order valence-electron chi connectivity index (χ3n) is 7.04. The minimum absolute atomic E-state index is 0.129. The first-order chi connectivity index (χ1) is 19.1. The van der Waals surface area contributed by atoms with Crippen molar-refractivity contribution >= 4 is 29.3 Å². The summed E-state index contributed by atoms with van der Waals surface area (Å²) in [4.78, 5) is 40.2. The Kier molecular flexibility index (Phi) is 12.3. The molecule has 0 unspecified atom stereocenters. The van der Waals surface area contributed by atoms with Gasteiger partial charge in [-0.3, -0.25) is 14.4 Å². The van der Waals surface area contributed by atoms with Crippen molar-refractivity contribution in [3.8, 4) is 5.75 Å². The minimum atomic E-state index is -0.828. The first-order valence-electron chi connectivity index (χ1n) is 14.5. The van der Waals surface area contributed by atoms with Crippen molar-refractivity contribution in [1.29, 1.82) is 0 Å². The van der Waals surface area contributed by atoms with Crippen LogP contribution >= 0.6 is 11.6 Å². The Morgan fingerprint density at radius 1 is 0.850 bits per heavy atom. The maximum atomic E-state index is 13.5. The average Bonchev–Trinajstić information content (AvgIpc) is 2.92. The highest BCUT2D eigenvalue weighted by molar-refractivity contribution is 6.31. The standard InChI is InChI=1S/C32H44ClN3O4/c1-21(2)17-27(31(38)34-25-13-9-6-10-14-25)36-32(39)28(18-22(3)4)35-30(37)26-19-24(33)15-16-29(26)40-20-23-11-7-5-8-12-23/h5,7-8,11-12,15-16,19,21-22,25,27-28H,6,9-10,13-14,17-18,20H2,1-4H3,(H,34,38)(H,35,37)(H,36,39)/t27-,28-/m0/s1. The van der Waals surface area contributed by atoms with Gasteiger partial charge >= 0.3 is 0 Å². The van der Waals surface area contributed by atoms with Gasteiger partial charge in [0, 0.05) is 11.1 Å². The van der Waals surface area contributed by atoms with Crippen LogP contribution in [0.4, 0.5) is 0 Å². The molecule has 3 N–H and O–H groups in total. The van der Waals surface area contributed by atoms with E-state index in [4.69, 9.17) is 16.3 Å². The predicted molar refractivity (Wildman–Crippen MR) is 159 cm³/mol. The van der Waals surface area contributed by atoms with Crippen LogP contribution in [0.5, 0.6) is 5.75 Å². The van der Waals surface area contributed by atoms with Crippen LogP contribution in [0.3, 0.4) is 0 Å². The van der Waals surface area contributed by atoms with Gasteiger partial charge in [-0.15, -0.1) is 0 Å². The summed E-state index contributed by atoms with van der Waals surface area (Å²) < 4.78 is 5.96. The molecule has 2 aromatic rings. The summed E-state index contributed by atoms with van der Waals surface area (Å²) in [6, 6.07) is 13.2. The van der Waals surface area contributed by atoms with E-state index in [0.717, 1.165) is 31.2 Å². The first kappa shape index (κ1) is 31.5. The van der Waals surface area contributed by atoms with E-state index >= 15 is 0 Å². The number of hydrogen-bond acceptors (Lipinski definition) is 4. The fourth-order valence-corrected chi connectivity index (χ4v) is 5.18. The molecule has 0 bridgehead atoms. The zero-order valence-corrected chi connectivity index (χ0v) is 24.9. The molecule has 1 saturated carbocycles. The smallest absolute Gasteiger partial charge is 0.255 e. The molecule has 0 heterocycles. The van der Waals surface area contributed by atoms with Crippen LogP contribution in [0.25, 0.3) is 0 Å². The van der Waals surface area contributed by atoms with E-state index in [-0.39, 0.29) is 41.9 Å². The topological polar surface area (TPSA) is 96.5 Å². The molecule has 3 rings (SSSR count). The maximum absolute atomic E-state index is 13.5. The van der Waals surface area contributed by atoms with Crippen molar-refractivity contribution in [2.75, 3.05) is 0 Å². The van der Waals surface area contributed by atoms with Crippen molar-refractivity contribution in [2.24, 2.45) is 11.8 Å². The fraction of sp³-hybridized carbons (Fsp3) is 0.531. The van der Waals surface area contributed by atoms with Gasteiger partial charge in [0.15, 0.2) is 0 Å². The molecular weight excluding hydrogens is 526 g/mol. The van der Waals surface area contributed by atoms with Crippen LogP contribution < -0.4 is 20.7 Å². The third-order valence-corrected chi connectivity index (χ3v) is 7.28. The molecular formula is C32H44ClN3O4. The zero-order valence-electron chi connectivity index (χ0n) is 24.2. The van der Waals surface area contributed by atoms with Crippen LogP contribution in [0.15, 0.2) is 48.5 Å². The van der Waals surface area contributed by atoms with Crippen molar-refractivity contribution in [3.05, 3.63) is 64.7 Å². The van der Waals surface area contributed by atoms with E-state index in [9.17, 15) is 14.4 Å². The Morgan fingerprint density at radius 3 is 2.10 bits per heavy atom. The highest BCUT2D eigenvalue weighted by atomic mass is 35.5. The average molecular weight is 570 g/mol. The number of rotatable bonds is 13. The summed E-state index contributed by atoms with van der Waals surface area (Å²) in [5, 5.41) is 9.37. The van der Waals surface area contributed by atoms with Gasteiger partial charge in [0.1, 0.15) is 24.4 Å². The molecule has 1 aliphatic rings. The first-order valence-corrected chi connectivity index (χ1v) is 14.9. The number of amides is 3. The summed E-state index contributed by atoms with van der Waals surface area (Å²) in [5.74, 6) is -0.284. The van der Waals surface area contributed by atoms with Gasteiger partial charge in [0.05, 0.1) is 5.56 Å². The van der Waals surface area contributed by atoms with Gasteiger partial charge < -0.3 is 20.7 Å². The molecule has 0 spiro atoms. The Labute approximate surface area is 243 Å². The predicted octanol–water partition coefficient (Wildman–Crippen LogP) is 6.04. The molecule has 2 atom stereocenters. The zero-order chi connectivity index (χ0) is 29.1. The molecule has 3 amide bonds. The Balaban J connectivity index is 1.73. The van der Waals surface area contributed by atoms with E-state index < -0.39 is 18.0 Å². The lowest BCUT2D eigenvalue weighted by molar-refractivity contribution is -0.131. The summed E-state index contributed by atoms with van der Waals surface area (Å²) >= 11 is 6.23. The number of carbonyl (C=O) groups is 3. The number of nitrogens with one attached hydrogen (secondary N) is 3. The monoisotopic (exact) mass is 569 g/mol. The van der Waals surface area contributed by atoms with E-state index in [2.05, 4.69) is 16.0 Å². The largest absolute Gasteiger partial charge is 0.488 e. The Morgan fingerprint density at radius 2 is 1.48 bits per heavy atom. The number of hydrogen-bond donors (Lipinski definition) is 3. The summed E-state index contributed by atoms with van der Waals surface area (Å²) in [7, 11) is 0. The quantitative estimate of drug-likeness (QED) is 0.274. The van der Waals surface area contributed by atoms with E-state index in [1.54, 1.807) is 18.2 Å². The third kappa shape index (κ3) is 10.2. The molecule has 218 valence electrons. The summed E-state index contributed by atoms with van der Waals surface area (Å²) in [6.07, 6.45) is 6.27. The highest BCUT2D eigenvalue weighted by Gasteiger charge is 2.30. The van der Waals surface area contributed by atoms with Crippen molar-refractivity contribution < 1.29 is 19.1 Å². The molecule has 1 fully saturated rings. The van der Waals surface area contributed by atoms with Gasteiger partial charge in [-0.25, -0.2) is 0 Å². The second-order valence-corrected chi connectivity index (χ2v) is 12.0. The lowest BCUT2D eigenvalue weighted by atomic mass is 9.94. The Bertz CT molecular complexity index is 1120. The van der Waals surface area contributed by atoms with E-state index in [1.165, 1.54) is 6.42 Å². The van der Waals surface area contributed by atoms with Gasteiger partial charge in [0.2, 0.25) is 11.8 Å². The molecule has 40 heavy (non-hydrogen) atoms. The SMILES string of the molecule is CC(C)C[C@H](NC(=O)c1cc(Cl)ccc1OCc1ccccc1)C(=O)N[C@@H](CC(C)C)C(=O)NC1CCCCC1. The molecule has 0 saturated heterocycles. The lowest BCUT2D eigenvalue weighted by Gasteiger charge is -2.28. The number of halogens is 1. The van der Waals surface area contributed by atoms with Gasteiger partial charge in [-0.1, -0.05) is 88.9 Å². The van der Waals surface area contributed by atoms with Crippen molar-refractivity contribution in [1.82, 2.24) is 16.0 Å². The molecule has 8 heteroatoms. The molecule has 1 aliphatic carbocycles. The molecule has 0 aliphatic heterocycles. The normalized spacial score (nSPS) is 15.4. The van der Waals surface area contributed by atoms with Crippen LogP contribution in [-0.4, -0.2) is 35.8 Å². The minimum Gasteiger partial charge on any atom is -0.488 e. The van der Waals surface area contributed by atoms with Crippen LogP contribution in [0, 0.1) is 11.8 Å². The van der Waals surface area contributed by atoms with Gasteiger partial charge in [-0.2, -0.15) is 0 Å². The molecule has 0 radical (unpaired) electrons. The fourth-order valence-electron chi connectivity index (χ4n) is 5.00. The Hall–Kier alpha value is -3.06. The number of benzene rings is 2. The number of carbonyl (C=O) groups excluding carboxylic acids is 3. The van der Waals surface area contributed by atoms with Gasteiger partial charge in [0.25, 0.3) is 5.91 Å². The highest BCUT2D eigenvalue weighted by Crippen LogP contribution is 2.25. The molecule has 7 nitrogen and oxygen atoms in total.